The molecule has 0 aliphatic rings. The summed E-state index contributed by atoms with van der Waals surface area (Å²) in [7, 11) is 3.73. The summed E-state index contributed by atoms with van der Waals surface area (Å²) in [5.74, 6) is 2.11. The van der Waals surface area contributed by atoms with Crippen LogP contribution in [-0.4, -0.2) is 43.1 Å². The van der Waals surface area contributed by atoms with E-state index in [9.17, 15) is 4.79 Å². The van der Waals surface area contributed by atoms with Gasteiger partial charge in [0.15, 0.2) is 0 Å². The lowest BCUT2D eigenvalue weighted by atomic mass is 10.1. The van der Waals surface area contributed by atoms with Gasteiger partial charge < -0.3 is 15.5 Å². The van der Waals surface area contributed by atoms with Gasteiger partial charge in [-0.05, 0) is 12.3 Å². The predicted molar refractivity (Wildman–Crippen MR) is 86.7 cm³/mol. The van der Waals surface area contributed by atoms with Gasteiger partial charge in [0.1, 0.15) is 18.0 Å². The fourth-order valence-electron chi connectivity index (χ4n) is 2.09. The molecule has 1 rings (SSSR count). The number of anilines is 2. The third-order valence-corrected chi connectivity index (χ3v) is 3.11. The second-order valence-corrected chi connectivity index (χ2v) is 5.58. The molecule has 1 amide bonds. The quantitative estimate of drug-likeness (QED) is 0.763. The number of nitrogens with one attached hydrogen (secondary N) is 2. The van der Waals surface area contributed by atoms with Crippen molar-refractivity contribution in [3.8, 4) is 0 Å². The molecule has 0 radical (unpaired) electrons. The van der Waals surface area contributed by atoms with Gasteiger partial charge in [-0.3, -0.25) is 4.79 Å². The second kappa shape index (κ2) is 8.44. The average molecular weight is 293 g/mol. The van der Waals surface area contributed by atoms with Gasteiger partial charge in [-0.25, -0.2) is 9.97 Å². The molecular formula is C15H27N5O. The van der Waals surface area contributed by atoms with Gasteiger partial charge in [0, 0.05) is 26.2 Å². The molecule has 0 aromatic carbocycles. The number of aromatic nitrogens is 2. The zero-order chi connectivity index (χ0) is 15.8. The Morgan fingerprint density at radius 1 is 1.38 bits per heavy atom. The average Bonchev–Trinajstić information content (AvgIpc) is 2.45. The van der Waals surface area contributed by atoms with Crippen LogP contribution in [0.25, 0.3) is 0 Å². The Bertz CT molecular complexity index is 461. The van der Waals surface area contributed by atoms with Crippen molar-refractivity contribution >= 4 is 17.5 Å². The first kappa shape index (κ1) is 17.2. The Labute approximate surface area is 127 Å². The Morgan fingerprint density at radius 2 is 2.10 bits per heavy atom. The summed E-state index contributed by atoms with van der Waals surface area (Å²) in [5.41, 5.74) is 1.06. The van der Waals surface area contributed by atoms with Crippen LogP contribution in [0, 0.1) is 5.92 Å². The smallest absolute Gasteiger partial charge is 0.239 e. The van der Waals surface area contributed by atoms with Gasteiger partial charge in [-0.2, -0.15) is 0 Å². The van der Waals surface area contributed by atoms with Gasteiger partial charge in [0.05, 0.1) is 6.54 Å². The minimum Gasteiger partial charge on any atom is -0.373 e. The summed E-state index contributed by atoms with van der Waals surface area (Å²) in [6, 6.07) is 0. The molecule has 6 heteroatoms. The van der Waals surface area contributed by atoms with E-state index in [1.165, 1.54) is 6.33 Å². The monoisotopic (exact) mass is 293 g/mol. The third kappa shape index (κ3) is 5.21. The van der Waals surface area contributed by atoms with Gasteiger partial charge >= 0.3 is 0 Å². The summed E-state index contributed by atoms with van der Waals surface area (Å²) in [4.78, 5) is 22.4. The highest BCUT2D eigenvalue weighted by Gasteiger charge is 2.15. The van der Waals surface area contributed by atoms with Crippen molar-refractivity contribution in [2.75, 3.05) is 37.4 Å². The Balaban J connectivity index is 2.81. The van der Waals surface area contributed by atoms with E-state index in [0.29, 0.717) is 19.0 Å². The highest BCUT2D eigenvalue weighted by molar-refractivity contribution is 5.81. The second-order valence-electron chi connectivity index (χ2n) is 5.58. The molecule has 0 bridgehead atoms. The number of hydrogen-bond acceptors (Lipinski definition) is 5. The largest absolute Gasteiger partial charge is 0.373 e. The van der Waals surface area contributed by atoms with E-state index in [-0.39, 0.29) is 5.91 Å². The number of amides is 1. The normalized spacial score (nSPS) is 10.6. The zero-order valence-electron chi connectivity index (χ0n) is 13.7. The van der Waals surface area contributed by atoms with Gasteiger partial charge in [0.2, 0.25) is 5.91 Å². The molecule has 0 unspecified atom stereocenters. The molecule has 2 N–H and O–H groups in total. The molecule has 0 aliphatic carbocycles. The summed E-state index contributed by atoms with van der Waals surface area (Å²) in [6.07, 6.45) is 3.41. The maximum Gasteiger partial charge on any atom is 0.239 e. The minimum atomic E-state index is 0.0123. The summed E-state index contributed by atoms with van der Waals surface area (Å²) >= 11 is 0. The number of hydrogen-bond donors (Lipinski definition) is 2. The number of carbonyl (C=O) groups excluding carboxylic acids is 1. The highest BCUT2D eigenvalue weighted by atomic mass is 16.2. The van der Waals surface area contributed by atoms with Crippen LogP contribution >= 0.6 is 0 Å². The molecular weight excluding hydrogens is 266 g/mol. The fourth-order valence-corrected chi connectivity index (χ4v) is 2.09. The van der Waals surface area contributed by atoms with Crippen molar-refractivity contribution in [1.82, 2.24) is 15.3 Å². The van der Waals surface area contributed by atoms with Crippen LogP contribution in [0.1, 0.15) is 32.8 Å². The van der Waals surface area contributed by atoms with Crippen LogP contribution in [0.5, 0.6) is 0 Å². The zero-order valence-corrected chi connectivity index (χ0v) is 13.7. The molecule has 0 spiro atoms. The van der Waals surface area contributed by atoms with E-state index in [4.69, 9.17) is 0 Å². The van der Waals surface area contributed by atoms with Crippen molar-refractivity contribution < 1.29 is 4.79 Å². The van der Waals surface area contributed by atoms with Crippen LogP contribution < -0.4 is 15.5 Å². The van der Waals surface area contributed by atoms with Crippen molar-refractivity contribution in [3.05, 3.63) is 11.9 Å². The molecule has 1 aromatic heterocycles. The maximum absolute atomic E-state index is 11.9. The number of nitrogens with zero attached hydrogens (tertiary/aromatic N) is 3. The Kier molecular flexibility index (Phi) is 6.91. The first-order valence-corrected chi connectivity index (χ1v) is 7.49. The Morgan fingerprint density at radius 3 is 2.67 bits per heavy atom. The van der Waals surface area contributed by atoms with Crippen LogP contribution in [0.3, 0.4) is 0 Å². The van der Waals surface area contributed by atoms with E-state index < -0.39 is 0 Å². The molecule has 0 fully saturated rings. The molecule has 118 valence electrons. The van der Waals surface area contributed by atoms with Crippen molar-refractivity contribution in [3.63, 3.8) is 0 Å². The highest BCUT2D eigenvalue weighted by Crippen LogP contribution is 2.23. The topological polar surface area (TPSA) is 70.2 Å². The molecule has 6 nitrogen and oxygen atoms in total. The van der Waals surface area contributed by atoms with E-state index in [2.05, 4.69) is 41.4 Å². The lowest BCUT2D eigenvalue weighted by molar-refractivity contribution is -0.119. The Hall–Kier alpha value is -1.85. The van der Waals surface area contributed by atoms with E-state index in [1.54, 1.807) is 0 Å². The first-order chi connectivity index (χ1) is 9.99. The van der Waals surface area contributed by atoms with E-state index in [0.717, 1.165) is 30.0 Å². The van der Waals surface area contributed by atoms with Crippen LogP contribution in [0.2, 0.25) is 0 Å². The third-order valence-electron chi connectivity index (χ3n) is 3.11. The molecule has 1 heterocycles. The van der Waals surface area contributed by atoms with Gasteiger partial charge in [-0.1, -0.05) is 27.2 Å². The lowest BCUT2D eigenvalue weighted by Crippen LogP contribution is -2.37. The number of carbonyl (C=O) groups is 1. The molecule has 0 saturated carbocycles. The van der Waals surface area contributed by atoms with Crippen molar-refractivity contribution in [2.45, 2.75) is 33.6 Å². The number of rotatable bonds is 8. The molecule has 0 aliphatic heterocycles. The minimum absolute atomic E-state index is 0.0123. The van der Waals surface area contributed by atoms with Crippen LogP contribution in [0.4, 0.5) is 11.6 Å². The molecule has 0 saturated heterocycles. The SMILES string of the molecule is CCCc1c(NC)ncnc1N(C)CC(=O)NCC(C)C. The van der Waals surface area contributed by atoms with Crippen molar-refractivity contribution in [2.24, 2.45) is 5.92 Å². The van der Waals surface area contributed by atoms with E-state index in [1.807, 2.05) is 19.0 Å². The van der Waals surface area contributed by atoms with E-state index >= 15 is 0 Å². The summed E-state index contributed by atoms with van der Waals surface area (Å²) in [5, 5.41) is 6.01. The molecule has 1 aromatic rings. The van der Waals surface area contributed by atoms with Gasteiger partial charge in [0.25, 0.3) is 0 Å². The maximum atomic E-state index is 11.9. The van der Waals surface area contributed by atoms with Crippen molar-refractivity contribution in [1.29, 1.82) is 0 Å². The fraction of sp³-hybridized carbons (Fsp3) is 0.667. The molecule has 21 heavy (non-hydrogen) atoms. The molecule has 0 atom stereocenters. The lowest BCUT2D eigenvalue weighted by Gasteiger charge is -2.22. The van der Waals surface area contributed by atoms with Crippen LogP contribution in [0.15, 0.2) is 6.33 Å². The summed E-state index contributed by atoms with van der Waals surface area (Å²) < 4.78 is 0. The van der Waals surface area contributed by atoms with Gasteiger partial charge in [-0.15, -0.1) is 0 Å². The summed E-state index contributed by atoms with van der Waals surface area (Å²) in [6.45, 7) is 7.26. The first-order valence-electron chi connectivity index (χ1n) is 7.49. The predicted octanol–water partition coefficient (Wildman–Crippen LogP) is 1.68. The number of likely N-dealkylation sites (N-methyl/N-ethyl adjacent to an activating group) is 1. The standard InChI is InChI=1S/C15H27N5O/c1-6-7-12-14(16-4)18-10-19-15(12)20(5)9-13(21)17-8-11(2)3/h10-11H,6-9H2,1-5H3,(H,17,21)(H,16,18,19). The van der Waals surface area contributed by atoms with Crippen LogP contribution in [-0.2, 0) is 11.2 Å².